The molecule has 4 saturated carbocycles. The van der Waals surface area contributed by atoms with Crippen LogP contribution in [0.3, 0.4) is 0 Å². The van der Waals surface area contributed by atoms with E-state index in [9.17, 15) is 0 Å². The minimum atomic E-state index is 0.0630. The summed E-state index contributed by atoms with van der Waals surface area (Å²) in [7, 11) is 0. The first kappa shape index (κ1) is 30.0. The van der Waals surface area contributed by atoms with Gasteiger partial charge in [-0.15, -0.1) is 0 Å². The number of benzene rings is 5. The number of nitrogens with zero attached hydrogens (tertiary/aromatic N) is 1. The molecule has 4 fully saturated rings. The summed E-state index contributed by atoms with van der Waals surface area (Å²) >= 11 is 0. The van der Waals surface area contributed by atoms with Gasteiger partial charge in [0.15, 0.2) is 0 Å². The Morgan fingerprint density at radius 1 is 0.538 bits per heavy atom. The number of hydrogen-bond donors (Lipinski definition) is 0. The third-order valence-electron chi connectivity index (χ3n) is 15.6. The van der Waals surface area contributed by atoms with E-state index < -0.39 is 0 Å². The smallest absolute Gasteiger partial charge is 0.135 e. The summed E-state index contributed by atoms with van der Waals surface area (Å²) in [4.78, 5) is 2.47. The zero-order chi connectivity index (χ0) is 34.8. The molecule has 52 heavy (non-hydrogen) atoms. The third-order valence-corrected chi connectivity index (χ3v) is 15.6. The molecule has 1 aromatic heterocycles. The molecule has 2 spiro atoms. The van der Waals surface area contributed by atoms with Crippen LogP contribution >= 0.6 is 0 Å². The predicted molar refractivity (Wildman–Crippen MR) is 210 cm³/mol. The first-order valence-electron chi connectivity index (χ1n) is 19.9. The Labute approximate surface area is 307 Å². The monoisotopic (exact) mass is 681 g/mol. The van der Waals surface area contributed by atoms with Crippen molar-refractivity contribution in [1.29, 1.82) is 0 Å². The fourth-order valence-corrected chi connectivity index (χ4v) is 13.5. The fraction of sp³-hybridized carbons (Fsp3) is 0.388. The molecule has 4 unspecified atom stereocenters. The first-order chi connectivity index (χ1) is 25.2. The molecule has 6 aromatic rings. The minimum Gasteiger partial charge on any atom is -0.457 e. The van der Waals surface area contributed by atoms with E-state index in [2.05, 4.69) is 136 Å². The molecule has 4 atom stereocenters. The average molecular weight is 682 g/mol. The van der Waals surface area contributed by atoms with Crippen LogP contribution in [-0.4, -0.2) is 0 Å². The molecule has 0 N–H and O–H groups in total. The van der Waals surface area contributed by atoms with Crippen molar-refractivity contribution in [3.63, 3.8) is 0 Å². The van der Waals surface area contributed by atoms with Gasteiger partial charge < -0.3 is 14.1 Å². The van der Waals surface area contributed by atoms with Gasteiger partial charge in [0, 0.05) is 50.4 Å². The normalized spacial score (nSPS) is 30.8. The maximum atomic E-state index is 7.03. The summed E-state index contributed by atoms with van der Waals surface area (Å²) in [5.74, 6) is 5.38. The van der Waals surface area contributed by atoms with Crippen LogP contribution in [0.25, 0.3) is 21.9 Å². The Morgan fingerprint density at radius 2 is 1.15 bits per heavy atom. The number of para-hydroxylation sites is 2. The standard InChI is InChI=1S/C49H47NO2/c1-46(2)19-20-47(3,4)39-25-32(13-16-36(39)46)50(31-15-18-41-35(24-31)34-9-5-7-11-40(34)51-41)33-14-17-38-43(26-33)52-42-12-8-6-10-37(42)49(38)44-22-29-21-30-23-45(49)48(44,27-29)28-30/h5-18,24-26,29-30,44-45H,19-23,27-28H2,1-4H3. The Morgan fingerprint density at radius 3 is 1.96 bits per heavy atom. The number of fused-ring (bicyclic) bond motifs is 12. The zero-order valence-corrected chi connectivity index (χ0v) is 30.8. The van der Waals surface area contributed by atoms with Gasteiger partial charge in [-0.2, -0.15) is 0 Å². The molecule has 0 saturated heterocycles. The van der Waals surface area contributed by atoms with E-state index in [0.29, 0.717) is 5.41 Å². The maximum Gasteiger partial charge on any atom is 0.135 e. The average Bonchev–Trinajstić information content (AvgIpc) is 3.72. The SMILES string of the molecule is CC1(C)CCC(C)(C)c2cc(N(c3ccc4c(c3)Oc3ccccc3C43C4CC5CC6CC3C4(C5)C6)c3ccc4oc5ccccc5c4c3)ccc21. The van der Waals surface area contributed by atoms with Gasteiger partial charge in [-0.05, 0) is 145 Å². The molecular weight excluding hydrogens is 635 g/mol. The number of anilines is 3. The lowest BCUT2D eigenvalue weighted by atomic mass is 9.37. The Balaban J connectivity index is 1.07. The van der Waals surface area contributed by atoms with Gasteiger partial charge in [-0.3, -0.25) is 0 Å². The lowest BCUT2D eigenvalue weighted by Crippen LogP contribution is -2.64. The molecule has 260 valence electrons. The highest BCUT2D eigenvalue weighted by molar-refractivity contribution is 6.06. The van der Waals surface area contributed by atoms with Crippen molar-refractivity contribution >= 4 is 39.0 Å². The van der Waals surface area contributed by atoms with Crippen LogP contribution < -0.4 is 9.64 Å². The highest BCUT2D eigenvalue weighted by atomic mass is 16.5. The van der Waals surface area contributed by atoms with Crippen LogP contribution in [0.4, 0.5) is 17.1 Å². The molecule has 3 bridgehead atoms. The quantitative estimate of drug-likeness (QED) is 0.186. The summed E-state index contributed by atoms with van der Waals surface area (Å²) in [5.41, 5.74) is 12.0. The molecule has 0 radical (unpaired) electrons. The van der Waals surface area contributed by atoms with Gasteiger partial charge in [0.2, 0.25) is 0 Å². The van der Waals surface area contributed by atoms with Crippen LogP contribution in [0.1, 0.15) is 94.9 Å². The van der Waals surface area contributed by atoms with E-state index in [0.717, 1.165) is 68.5 Å². The summed E-state index contributed by atoms with van der Waals surface area (Å²) in [5, 5.41) is 2.30. The third kappa shape index (κ3) is 3.63. The second-order valence-electron chi connectivity index (χ2n) is 18.9. The number of hydrogen-bond acceptors (Lipinski definition) is 3. The molecule has 5 aromatic carbocycles. The van der Waals surface area contributed by atoms with Crippen LogP contribution in [-0.2, 0) is 16.2 Å². The molecule has 5 aliphatic carbocycles. The highest BCUT2D eigenvalue weighted by Gasteiger charge is 2.79. The summed E-state index contributed by atoms with van der Waals surface area (Å²) in [6.07, 6.45) is 9.54. The van der Waals surface area contributed by atoms with E-state index in [-0.39, 0.29) is 16.2 Å². The Hall–Kier alpha value is -4.50. The van der Waals surface area contributed by atoms with Gasteiger partial charge >= 0.3 is 0 Å². The number of rotatable bonds is 3. The van der Waals surface area contributed by atoms with E-state index >= 15 is 0 Å². The lowest BCUT2D eigenvalue weighted by Gasteiger charge is -2.66. The molecule has 2 heterocycles. The maximum absolute atomic E-state index is 7.03. The molecule has 0 amide bonds. The Kier molecular flexibility index (Phi) is 5.61. The van der Waals surface area contributed by atoms with Gasteiger partial charge in [0.05, 0.1) is 0 Å². The lowest BCUT2D eigenvalue weighted by molar-refractivity contribution is -0.0882. The predicted octanol–water partition coefficient (Wildman–Crippen LogP) is 13.3. The summed E-state index contributed by atoms with van der Waals surface area (Å²) < 4.78 is 13.3. The Bertz CT molecular complexity index is 2470. The van der Waals surface area contributed by atoms with E-state index in [1.54, 1.807) is 0 Å². The molecule has 3 nitrogen and oxygen atoms in total. The minimum absolute atomic E-state index is 0.0630. The van der Waals surface area contributed by atoms with Crippen molar-refractivity contribution in [2.24, 2.45) is 29.1 Å². The molecule has 3 heteroatoms. The van der Waals surface area contributed by atoms with Crippen LogP contribution in [0.15, 0.2) is 108 Å². The molecule has 6 aliphatic rings. The molecule has 12 rings (SSSR count). The van der Waals surface area contributed by atoms with E-state index in [1.165, 1.54) is 72.9 Å². The van der Waals surface area contributed by atoms with Gasteiger partial charge in [-0.1, -0.05) is 76.2 Å². The van der Waals surface area contributed by atoms with Crippen molar-refractivity contribution in [2.75, 3.05) is 4.90 Å². The topological polar surface area (TPSA) is 25.6 Å². The van der Waals surface area contributed by atoms with E-state index in [4.69, 9.17) is 9.15 Å². The molecular formula is C49H47NO2. The first-order valence-corrected chi connectivity index (χ1v) is 19.9. The number of ether oxygens (including phenoxy) is 1. The highest BCUT2D eigenvalue weighted by Crippen LogP contribution is 2.84. The van der Waals surface area contributed by atoms with Gasteiger partial charge in [0.25, 0.3) is 0 Å². The second kappa shape index (κ2) is 9.72. The molecule has 1 aliphatic heterocycles. The van der Waals surface area contributed by atoms with Crippen molar-refractivity contribution in [3.8, 4) is 11.5 Å². The van der Waals surface area contributed by atoms with Crippen LogP contribution in [0.2, 0.25) is 0 Å². The zero-order valence-electron chi connectivity index (χ0n) is 30.8. The van der Waals surface area contributed by atoms with Crippen molar-refractivity contribution in [2.45, 2.75) is 88.9 Å². The van der Waals surface area contributed by atoms with Crippen molar-refractivity contribution in [1.82, 2.24) is 0 Å². The van der Waals surface area contributed by atoms with Crippen molar-refractivity contribution < 1.29 is 9.15 Å². The summed E-state index contributed by atoms with van der Waals surface area (Å²) in [6, 6.07) is 38.7. The fourth-order valence-electron chi connectivity index (χ4n) is 13.5. The summed E-state index contributed by atoms with van der Waals surface area (Å²) in [6.45, 7) is 9.69. The van der Waals surface area contributed by atoms with Crippen molar-refractivity contribution in [3.05, 3.63) is 125 Å². The van der Waals surface area contributed by atoms with Gasteiger partial charge in [0.1, 0.15) is 22.7 Å². The van der Waals surface area contributed by atoms with Crippen LogP contribution in [0, 0.1) is 29.1 Å². The largest absolute Gasteiger partial charge is 0.457 e. The second-order valence-corrected chi connectivity index (χ2v) is 18.9. The van der Waals surface area contributed by atoms with E-state index in [1.807, 2.05) is 0 Å². The number of furan rings is 1. The van der Waals surface area contributed by atoms with Gasteiger partial charge in [-0.25, -0.2) is 0 Å². The van der Waals surface area contributed by atoms with Crippen LogP contribution in [0.5, 0.6) is 11.5 Å².